The molecule has 2 N–H and O–H groups in total. The number of ether oxygens (including phenoxy) is 1. The van der Waals surface area contributed by atoms with Crippen LogP contribution in [-0.2, 0) is 6.61 Å². The van der Waals surface area contributed by atoms with Crippen molar-refractivity contribution in [3.8, 4) is 5.75 Å². The van der Waals surface area contributed by atoms with Gasteiger partial charge in [-0.25, -0.2) is 0 Å². The third-order valence-corrected chi connectivity index (χ3v) is 4.41. The summed E-state index contributed by atoms with van der Waals surface area (Å²) in [6, 6.07) is 21.1. The molecule has 0 bridgehead atoms. The summed E-state index contributed by atoms with van der Waals surface area (Å²) in [5, 5.41) is 6.22. The molecule has 0 heterocycles. The third kappa shape index (κ3) is 5.59. The van der Waals surface area contributed by atoms with Gasteiger partial charge in [-0.1, -0.05) is 41.9 Å². The van der Waals surface area contributed by atoms with E-state index in [1.165, 1.54) is 0 Å². The Balaban J connectivity index is 1.72. The first-order chi connectivity index (χ1) is 14.1. The number of halogens is 1. The molecule has 3 aromatic carbocycles. The van der Waals surface area contributed by atoms with Crippen molar-refractivity contribution in [2.45, 2.75) is 13.5 Å². The van der Waals surface area contributed by atoms with Gasteiger partial charge in [0.1, 0.15) is 12.4 Å². The number of amides is 2. The largest absolute Gasteiger partial charge is 0.488 e. The summed E-state index contributed by atoms with van der Waals surface area (Å²) in [5.41, 5.74) is 2.37. The van der Waals surface area contributed by atoms with Crippen molar-refractivity contribution in [1.82, 2.24) is 5.32 Å². The monoisotopic (exact) mass is 408 g/mol. The van der Waals surface area contributed by atoms with Crippen LogP contribution in [0.3, 0.4) is 0 Å². The fourth-order valence-electron chi connectivity index (χ4n) is 2.72. The predicted molar refractivity (Wildman–Crippen MR) is 115 cm³/mol. The van der Waals surface area contributed by atoms with Crippen LogP contribution in [0.5, 0.6) is 5.75 Å². The topological polar surface area (TPSA) is 67.4 Å². The van der Waals surface area contributed by atoms with E-state index < -0.39 is 0 Å². The second-order valence-electron chi connectivity index (χ2n) is 6.31. The first-order valence-corrected chi connectivity index (χ1v) is 9.60. The number of nitrogens with one attached hydrogen (secondary N) is 2. The van der Waals surface area contributed by atoms with Crippen LogP contribution in [0, 0.1) is 0 Å². The summed E-state index contributed by atoms with van der Waals surface area (Å²) in [6.07, 6.45) is 0. The average Bonchev–Trinajstić information content (AvgIpc) is 2.74. The lowest BCUT2D eigenvalue weighted by molar-refractivity contribution is 0.0954. The van der Waals surface area contributed by atoms with Gasteiger partial charge in [-0.2, -0.15) is 0 Å². The van der Waals surface area contributed by atoms with E-state index in [1.807, 2.05) is 25.1 Å². The van der Waals surface area contributed by atoms with Gasteiger partial charge in [-0.3, -0.25) is 9.59 Å². The molecule has 0 saturated carbocycles. The molecule has 0 aliphatic heterocycles. The van der Waals surface area contributed by atoms with Crippen LogP contribution >= 0.6 is 11.6 Å². The number of carbonyl (C=O) groups is 2. The summed E-state index contributed by atoms with van der Waals surface area (Å²) < 4.78 is 5.85. The summed E-state index contributed by atoms with van der Waals surface area (Å²) in [6.45, 7) is 2.70. The van der Waals surface area contributed by atoms with Crippen LogP contribution in [0.15, 0.2) is 72.8 Å². The quantitative estimate of drug-likeness (QED) is 0.583. The molecule has 0 aliphatic carbocycles. The molecule has 29 heavy (non-hydrogen) atoms. The van der Waals surface area contributed by atoms with Crippen LogP contribution in [-0.4, -0.2) is 18.4 Å². The molecular weight excluding hydrogens is 388 g/mol. The lowest BCUT2D eigenvalue weighted by Crippen LogP contribution is -2.22. The summed E-state index contributed by atoms with van der Waals surface area (Å²) >= 11 is 5.90. The molecule has 0 aromatic heterocycles. The van der Waals surface area contributed by atoms with E-state index in [2.05, 4.69) is 10.6 Å². The second-order valence-corrected chi connectivity index (χ2v) is 6.74. The smallest absolute Gasteiger partial charge is 0.259 e. The van der Waals surface area contributed by atoms with Gasteiger partial charge in [0.05, 0.1) is 5.56 Å². The average molecular weight is 409 g/mol. The molecule has 0 unspecified atom stereocenters. The molecule has 0 radical (unpaired) electrons. The minimum Gasteiger partial charge on any atom is -0.488 e. The van der Waals surface area contributed by atoms with E-state index >= 15 is 0 Å². The highest BCUT2D eigenvalue weighted by molar-refractivity contribution is 6.30. The number of rotatable bonds is 7. The van der Waals surface area contributed by atoms with E-state index in [4.69, 9.17) is 16.3 Å². The molecule has 0 fully saturated rings. The van der Waals surface area contributed by atoms with Gasteiger partial charge in [-0.05, 0) is 55.0 Å². The van der Waals surface area contributed by atoms with E-state index in [0.29, 0.717) is 40.7 Å². The first kappa shape index (κ1) is 20.4. The van der Waals surface area contributed by atoms with Gasteiger partial charge < -0.3 is 15.4 Å². The van der Waals surface area contributed by atoms with Crippen molar-refractivity contribution in [2.75, 3.05) is 11.9 Å². The molecule has 2 amide bonds. The summed E-state index contributed by atoms with van der Waals surface area (Å²) in [5.74, 6) is -0.0279. The number of para-hydroxylation sites is 1. The molecule has 0 atom stereocenters. The van der Waals surface area contributed by atoms with Crippen molar-refractivity contribution in [2.24, 2.45) is 0 Å². The van der Waals surface area contributed by atoms with Gasteiger partial charge >= 0.3 is 0 Å². The van der Waals surface area contributed by atoms with Crippen LogP contribution in [0.1, 0.15) is 33.2 Å². The Kier molecular flexibility index (Phi) is 6.87. The standard InChI is InChI=1S/C23H21ClN2O3/c1-2-25-22(27)17-6-5-7-19(14-17)26-23(28)20-8-3-4-9-21(20)29-15-16-10-12-18(24)13-11-16/h3-14H,2,15H2,1H3,(H,25,27)(H,26,28). The molecule has 5 nitrogen and oxygen atoms in total. The fraction of sp³-hybridized carbons (Fsp3) is 0.130. The molecular formula is C23H21ClN2O3. The number of anilines is 1. The van der Waals surface area contributed by atoms with Crippen LogP contribution in [0.25, 0.3) is 0 Å². The van der Waals surface area contributed by atoms with Gasteiger partial charge in [-0.15, -0.1) is 0 Å². The predicted octanol–water partition coefficient (Wildman–Crippen LogP) is 4.92. The SMILES string of the molecule is CCNC(=O)c1cccc(NC(=O)c2ccccc2OCc2ccc(Cl)cc2)c1. The van der Waals surface area contributed by atoms with Crippen molar-refractivity contribution >= 4 is 29.1 Å². The number of hydrogen-bond acceptors (Lipinski definition) is 3. The maximum absolute atomic E-state index is 12.8. The highest BCUT2D eigenvalue weighted by Gasteiger charge is 2.13. The van der Waals surface area contributed by atoms with Gasteiger partial charge in [0.25, 0.3) is 11.8 Å². The lowest BCUT2D eigenvalue weighted by Gasteiger charge is -2.12. The van der Waals surface area contributed by atoms with E-state index in [0.717, 1.165) is 5.56 Å². The first-order valence-electron chi connectivity index (χ1n) is 9.22. The van der Waals surface area contributed by atoms with Crippen molar-refractivity contribution in [3.05, 3.63) is 94.5 Å². The Bertz CT molecular complexity index is 1000. The zero-order valence-electron chi connectivity index (χ0n) is 15.9. The molecule has 148 valence electrons. The lowest BCUT2D eigenvalue weighted by atomic mass is 10.1. The Morgan fingerprint density at radius 1 is 0.931 bits per heavy atom. The van der Waals surface area contributed by atoms with Crippen LogP contribution < -0.4 is 15.4 Å². The number of carbonyl (C=O) groups excluding carboxylic acids is 2. The van der Waals surface area contributed by atoms with Gasteiger partial charge in [0.15, 0.2) is 0 Å². The van der Waals surface area contributed by atoms with E-state index in [1.54, 1.807) is 54.6 Å². The summed E-state index contributed by atoms with van der Waals surface area (Å²) in [4.78, 5) is 24.8. The fourth-order valence-corrected chi connectivity index (χ4v) is 2.85. The highest BCUT2D eigenvalue weighted by Crippen LogP contribution is 2.22. The van der Waals surface area contributed by atoms with E-state index in [-0.39, 0.29) is 11.8 Å². The Morgan fingerprint density at radius 3 is 2.45 bits per heavy atom. The highest BCUT2D eigenvalue weighted by atomic mass is 35.5. The maximum Gasteiger partial charge on any atom is 0.259 e. The summed E-state index contributed by atoms with van der Waals surface area (Å²) in [7, 11) is 0. The minimum absolute atomic E-state index is 0.185. The van der Waals surface area contributed by atoms with Crippen molar-refractivity contribution < 1.29 is 14.3 Å². The molecule has 6 heteroatoms. The van der Waals surface area contributed by atoms with Crippen LogP contribution in [0.4, 0.5) is 5.69 Å². The Labute approximate surface area is 174 Å². The molecule has 0 spiro atoms. The van der Waals surface area contributed by atoms with Crippen LogP contribution in [0.2, 0.25) is 5.02 Å². The Hall–Kier alpha value is -3.31. The van der Waals surface area contributed by atoms with Gasteiger partial charge in [0, 0.05) is 22.8 Å². The zero-order valence-corrected chi connectivity index (χ0v) is 16.7. The third-order valence-electron chi connectivity index (χ3n) is 4.16. The van der Waals surface area contributed by atoms with E-state index in [9.17, 15) is 9.59 Å². The molecule has 0 saturated heterocycles. The van der Waals surface area contributed by atoms with Gasteiger partial charge in [0.2, 0.25) is 0 Å². The van der Waals surface area contributed by atoms with Crippen molar-refractivity contribution in [3.63, 3.8) is 0 Å². The number of benzene rings is 3. The second kappa shape index (κ2) is 9.75. The Morgan fingerprint density at radius 2 is 1.69 bits per heavy atom. The zero-order chi connectivity index (χ0) is 20.6. The molecule has 0 aliphatic rings. The van der Waals surface area contributed by atoms with Crippen molar-refractivity contribution in [1.29, 1.82) is 0 Å². The number of hydrogen-bond donors (Lipinski definition) is 2. The molecule has 3 rings (SSSR count). The maximum atomic E-state index is 12.8. The normalized spacial score (nSPS) is 10.3. The minimum atomic E-state index is -0.315. The molecule has 3 aromatic rings.